The van der Waals surface area contributed by atoms with Gasteiger partial charge in [-0.05, 0) is 24.7 Å². The lowest BCUT2D eigenvalue weighted by molar-refractivity contribution is 0.175. The second-order valence-corrected chi connectivity index (χ2v) is 6.49. The van der Waals surface area contributed by atoms with E-state index in [1.807, 2.05) is 14.0 Å². The molecule has 1 aromatic heterocycles. The lowest BCUT2D eigenvalue weighted by atomic mass is 9.74. The SMILES string of the molecule is COCCNCC(C)(Cc1c(C)nn(C)c1Cl)C(C)C. The first-order chi connectivity index (χ1) is 9.31. The van der Waals surface area contributed by atoms with Crippen LogP contribution in [0.3, 0.4) is 0 Å². The molecule has 0 aliphatic carbocycles. The Balaban J connectivity index is 2.80. The topological polar surface area (TPSA) is 39.1 Å². The van der Waals surface area contributed by atoms with Gasteiger partial charge in [-0.1, -0.05) is 32.4 Å². The van der Waals surface area contributed by atoms with Crippen LogP contribution in [0.25, 0.3) is 0 Å². The zero-order valence-electron chi connectivity index (χ0n) is 13.6. The van der Waals surface area contributed by atoms with E-state index in [4.69, 9.17) is 16.3 Å². The van der Waals surface area contributed by atoms with E-state index in [-0.39, 0.29) is 5.41 Å². The summed E-state index contributed by atoms with van der Waals surface area (Å²) in [5.74, 6) is 0.549. The highest BCUT2D eigenvalue weighted by Crippen LogP contribution is 2.34. The second kappa shape index (κ2) is 7.43. The molecule has 1 unspecified atom stereocenters. The Morgan fingerprint density at radius 3 is 2.55 bits per heavy atom. The van der Waals surface area contributed by atoms with Crippen molar-refractivity contribution in [3.05, 3.63) is 16.4 Å². The van der Waals surface area contributed by atoms with E-state index < -0.39 is 0 Å². The van der Waals surface area contributed by atoms with Gasteiger partial charge in [-0.25, -0.2) is 0 Å². The van der Waals surface area contributed by atoms with E-state index in [1.54, 1.807) is 11.8 Å². The summed E-state index contributed by atoms with van der Waals surface area (Å²) in [4.78, 5) is 0. The molecule has 0 fully saturated rings. The molecule has 20 heavy (non-hydrogen) atoms. The van der Waals surface area contributed by atoms with Crippen molar-refractivity contribution in [2.24, 2.45) is 18.4 Å². The molecule has 0 aliphatic rings. The van der Waals surface area contributed by atoms with E-state index in [2.05, 4.69) is 31.2 Å². The van der Waals surface area contributed by atoms with Crippen LogP contribution in [0.5, 0.6) is 0 Å². The number of methoxy groups -OCH3 is 1. The molecule has 0 aliphatic heterocycles. The number of nitrogens with one attached hydrogen (secondary N) is 1. The summed E-state index contributed by atoms with van der Waals surface area (Å²) in [6.07, 6.45) is 0.934. The van der Waals surface area contributed by atoms with Crippen molar-refractivity contribution in [3.8, 4) is 0 Å². The minimum atomic E-state index is 0.144. The third-order valence-corrected chi connectivity index (χ3v) is 4.73. The number of hydrogen-bond acceptors (Lipinski definition) is 3. The molecule has 0 bridgehead atoms. The van der Waals surface area contributed by atoms with E-state index in [1.165, 1.54) is 5.56 Å². The molecular weight excluding hydrogens is 274 g/mol. The van der Waals surface area contributed by atoms with Gasteiger partial charge >= 0.3 is 0 Å². The molecule has 0 spiro atoms. The van der Waals surface area contributed by atoms with Crippen LogP contribution >= 0.6 is 11.6 Å². The summed E-state index contributed by atoms with van der Waals surface area (Å²) in [5.41, 5.74) is 2.34. The molecule has 1 rings (SSSR count). The zero-order valence-corrected chi connectivity index (χ0v) is 14.3. The zero-order chi connectivity index (χ0) is 15.3. The van der Waals surface area contributed by atoms with Gasteiger partial charge in [0.25, 0.3) is 0 Å². The van der Waals surface area contributed by atoms with E-state index in [0.717, 1.165) is 37.0 Å². The Bertz CT molecular complexity index is 431. The average Bonchev–Trinajstić information content (AvgIpc) is 2.61. The Kier molecular flexibility index (Phi) is 6.49. The van der Waals surface area contributed by atoms with Crippen molar-refractivity contribution < 1.29 is 4.74 Å². The van der Waals surface area contributed by atoms with E-state index in [0.29, 0.717) is 5.92 Å². The average molecular weight is 302 g/mol. The van der Waals surface area contributed by atoms with Gasteiger partial charge in [-0.3, -0.25) is 4.68 Å². The second-order valence-electron chi connectivity index (χ2n) is 6.13. The smallest absolute Gasteiger partial charge is 0.130 e. The first-order valence-corrected chi connectivity index (χ1v) is 7.57. The third-order valence-electron chi connectivity index (χ3n) is 4.26. The number of halogens is 1. The first-order valence-electron chi connectivity index (χ1n) is 7.19. The highest BCUT2D eigenvalue weighted by molar-refractivity contribution is 6.30. The molecule has 1 atom stereocenters. The molecule has 1 N–H and O–H groups in total. The number of nitrogens with zero attached hydrogens (tertiary/aromatic N) is 2. The van der Waals surface area contributed by atoms with Crippen LogP contribution in [0, 0.1) is 18.3 Å². The molecule has 4 nitrogen and oxygen atoms in total. The quantitative estimate of drug-likeness (QED) is 0.751. The van der Waals surface area contributed by atoms with Crippen LogP contribution in [-0.4, -0.2) is 36.6 Å². The fourth-order valence-corrected chi connectivity index (χ4v) is 2.54. The van der Waals surface area contributed by atoms with E-state index >= 15 is 0 Å². The predicted molar refractivity (Wildman–Crippen MR) is 84.3 cm³/mol. The maximum absolute atomic E-state index is 6.37. The van der Waals surface area contributed by atoms with Gasteiger partial charge in [-0.15, -0.1) is 0 Å². The molecular formula is C15H28ClN3O. The van der Waals surface area contributed by atoms with Crippen LogP contribution in [0.1, 0.15) is 32.0 Å². The van der Waals surface area contributed by atoms with Crippen LogP contribution in [-0.2, 0) is 18.2 Å². The Morgan fingerprint density at radius 2 is 2.10 bits per heavy atom. The van der Waals surface area contributed by atoms with Crippen molar-refractivity contribution in [2.45, 2.75) is 34.1 Å². The van der Waals surface area contributed by atoms with Crippen molar-refractivity contribution in [1.82, 2.24) is 15.1 Å². The predicted octanol–water partition coefficient (Wildman–Crippen LogP) is 2.82. The number of aryl methyl sites for hydroxylation is 2. The number of hydrogen-bond donors (Lipinski definition) is 1. The molecule has 0 amide bonds. The van der Waals surface area contributed by atoms with Gasteiger partial charge in [0.15, 0.2) is 0 Å². The number of ether oxygens (including phenoxy) is 1. The highest BCUT2D eigenvalue weighted by atomic mass is 35.5. The van der Waals surface area contributed by atoms with Gasteiger partial charge in [-0.2, -0.15) is 5.10 Å². The Labute approximate surface area is 127 Å². The van der Waals surface area contributed by atoms with Crippen LogP contribution in [0.2, 0.25) is 5.15 Å². The van der Waals surface area contributed by atoms with Gasteiger partial charge in [0.05, 0.1) is 12.3 Å². The van der Waals surface area contributed by atoms with Crippen LogP contribution < -0.4 is 5.32 Å². The van der Waals surface area contributed by atoms with Gasteiger partial charge in [0, 0.05) is 32.8 Å². The highest BCUT2D eigenvalue weighted by Gasteiger charge is 2.30. The molecule has 5 heteroatoms. The van der Waals surface area contributed by atoms with Crippen molar-refractivity contribution in [3.63, 3.8) is 0 Å². The molecule has 1 aromatic rings. The molecule has 1 heterocycles. The lowest BCUT2D eigenvalue weighted by Gasteiger charge is -2.34. The molecule has 0 radical (unpaired) electrons. The minimum Gasteiger partial charge on any atom is -0.383 e. The van der Waals surface area contributed by atoms with Gasteiger partial charge in [0.2, 0.25) is 0 Å². The summed E-state index contributed by atoms with van der Waals surface area (Å²) < 4.78 is 6.84. The van der Waals surface area contributed by atoms with Gasteiger partial charge in [0.1, 0.15) is 5.15 Å². The van der Waals surface area contributed by atoms with Crippen molar-refractivity contribution in [2.75, 3.05) is 26.8 Å². The maximum Gasteiger partial charge on any atom is 0.130 e. The first kappa shape index (κ1) is 17.5. The normalized spacial score (nSPS) is 14.8. The summed E-state index contributed by atoms with van der Waals surface area (Å²) in [6, 6.07) is 0. The fourth-order valence-electron chi connectivity index (χ4n) is 2.30. The van der Waals surface area contributed by atoms with Gasteiger partial charge < -0.3 is 10.1 Å². The fraction of sp³-hybridized carbons (Fsp3) is 0.800. The largest absolute Gasteiger partial charge is 0.383 e. The number of rotatable bonds is 8. The monoisotopic (exact) mass is 301 g/mol. The summed E-state index contributed by atoms with van der Waals surface area (Å²) in [7, 11) is 3.62. The standard InChI is InChI=1S/C15H28ClN3O/c1-11(2)15(4,10-17-7-8-20-6)9-13-12(3)18-19(5)14(13)16/h11,17H,7-10H2,1-6H3. The summed E-state index contributed by atoms with van der Waals surface area (Å²) in [5, 5.41) is 8.64. The lowest BCUT2D eigenvalue weighted by Crippen LogP contribution is -2.39. The van der Waals surface area contributed by atoms with E-state index in [9.17, 15) is 0 Å². The minimum absolute atomic E-state index is 0.144. The van der Waals surface area contributed by atoms with Crippen molar-refractivity contribution >= 4 is 11.6 Å². The summed E-state index contributed by atoms with van der Waals surface area (Å²) >= 11 is 6.37. The Hall–Kier alpha value is -0.580. The third kappa shape index (κ3) is 4.21. The summed E-state index contributed by atoms with van der Waals surface area (Å²) in [6.45, 7) is 11.4. The molecule has 0 aromatic carbocycles. The molecule has 0 saturated heterocycles. The maximum atomic E-state index is 6.37. The molecule has 116 valence electrons. The molecule has 0 saturated carbocycles. The van der Waals surface area contributed by atoms with Crippen molar-refractivity contribution in [1.29, 1.82) is 0 Å². The number of aromatic nitrogens is 2. The van der Waals surface area contributed by atoms with Crippen LogP contribution in [0.4, 0.5) is 0 Å². The Morgan fingerprint density at radius 1 is 1.45 bits per heavy atom. The van der Waals surface area contributed by atoms with Crippen LogP contribution in [0.15, 0.2) is 0 Å².